The van der Waals surface area contributed by atoms with Crippen LogP contribution in [0.1, 0.15) is 29.6 Å². The van der Waals surface area contributed by atoms with Gasteiger partial charge in [-0.3, -0.25) is 0 Å². The zero-order valence-corrected chi connectivity index (χ0v) is 10.9. The molecule has 1 aromatic rings. The van der Waals surface area contributed by atoms with E-state index in [4.69, 9.17) is 5.11 Å². The van der Waals surface area contributed by atoms with Crippen LogP contribution in [-0.4, -0.2) is 35.6 Å². The summed E-state index contributed by atoms with van der Waals surface area (Å²) in [6, 6.07) is 5.99. The number of carboxylic acids is 1. The molecule has 1 aliphatic rings. The number of urea groups is 1. The Morgan fingerprint density at radius 3 is 2.42 bits per heavy atom. The number of anilines is 1. The number of rotatable bonds is 4. The van der Waals surface area contributed by atoms with Crippen molar-refractivity contribution in [3.8, 4) is 0 Å². The zero-order chi connectivity index (χ0) is 13.8. The minimum atomic E-state index is -0.972. The molecule has 5 nitrogen and oxygen atoms in total. The van der Waals surface area contributed by atoms with Crippen LogP contribution in [0, 0.1) is 5.92 Å². The van der Waals surface area contributed by atoms with E-state index in [1.54, 1.807) is 24.1 Å². The van der Waals surface area contributed by atoms with Gasteiger partial charge in [0.25, 0.3) is 0 Å². The van der Waals surface area contributed by atoms with E-state index in [1.807, 2.05) is 0 Å². The van der Waals surface area contributed by atoms with Crippen molar-refractivity contribution in [2.45, 2.75) is 19.3 Å². The number of carbonyl (C=O) groups excluding carboxylic acids is 1. The van der Waals surface area contributed by atoms with Gasteiger partial charge in [-0.25, -0.2) is 9.59 Å². The lowest BCUT2D eigenvalue weighted by Crippen LogP contribution is -2.37. The summed E-state index contributed by atoms with van der Waals surface area (Å²) in [6.45, 7) is 0.777. The van der Waals surface area contributed by atoms with Gasteiger partial charge < -0.3 is 15.3 Å². The van der Waals surface area contributed by atoms with Crippen LogP contribution in [0.3, 0.4) is 0 Å². The third kappa shape index (κ3) is 3.47. The predicted octanol–water partition coefficient (Wildman–Crippen LogP) is 2.65. The number of carboxylic acid groups (broad SMARTS) is 1. The normalized spacial score (nSPS) is 14.6. The summed E-state index contributed by atoms with van der Waals surface area (Å²) >= 11 is 0. The highest BCUT2D eigenvalue weighted by atomic mass is 16.4. The van der Waals surface area contributed by atoms with Gasteiger partial charge in [0.15, 0.2) is 0 Å². The number of hydrogen-bond acceptors (Lipinski definition) is 2. The van der Waals surface area contributed by atoms with E-state index in [0.29, 0.717) is 11.6 Å². The molecule has 0 spiro atoms. The summed E-state index contributed by atoms with van der Waals surface area (Å²) in [5.41, 5.74) is 0.816. The van der Waals surface area contributed by atoms with Gasteiger partial charge in [-0.05, 0) is 43.0 Å². The lowest BCUT2D eigenvalue weighted by atomic mass is 9.85. The highest BCUT2D eigenvalue weighted by Gasteiger charge is 2.21. The fourth-order valence-electron chi connectivity index (χ4n) is 2.06. The van der Waals surface area contributed by atoms with Crippen molar-refractivity contribution >= 4 is 17.7 Å². The first-order chi connectivity index (χ1) is 9.06. The summed E-state index contributed by atoms with van der Waals surface area (Å²) in [6.07, 6.45) is 3.66. The fourth-order valence-corrected chi connectivity index (χ4v) is 2.06. The maximum absolute atomic E-state index is 11.9. The first-order valence-electron chi connectivity index (χ1n) is 6.42. The van der Waals surface area contributed by atoms with Crippen molar-refractivity contribution in [2.75, 3.05) is 18.9 Å². The maximum Gasteiger partial charge on any atom is 0.335 e. The molecule has 0 saturated heterocycles. The Bertz CT molecular complexity index is 466. The second-order valence-corrected chi connectivity index (χ2v) is 4.99. The van der Waals surface area contributed by atoms with E-state index in [2.05, 4.69) is 5.32 Å². The Balaban J connectivity index is 1.88. The summed E-state index contributed by atoms with van der Waals surface area (Å²) in [7, 11) is 1.78. The van der Waals surface area contributed by atoms with Crippen molar-refractivity contribution in [1.82, 2.24) is 4.90 Å². The van der Waals surface area contributed by atoms with Gasteiger partial charge in [0.05, 0.1) is 5.56 Å². The lowest BCUT2D eigenvalue weighted by molar-refractivity contribution is 0.0697. The first-order valence-corrected chi connectivity index (χ1v) is 6.42. The quantitative estimate of drug-likeness (QED) is 0.876. The van der Waals surface area contributed by atoms with Crippen molar-refractivity contribution in [1.29, 1.82) is 0 Å². The van der Waals surface area contributed by atoms with E-state index in [0.717, 1.165) is 6.54 Å². The number of benzene rings is 1. The van der Waals surface area contributed by atoms with Gasteiger partial charge in [-0.2, -0.15) is 0 Å². The van der Waals surface area contributed by atoms with Crippen LogP contribution in [0.4, 0.5) is 10.5 Å². The molecule has 5 heteroatoms. The molecule has 0 radical (unpaired) electrons. The molecule has 1 aliphatic carbocycles. The summed E-state index contributed by atoms with van der Waals surface area (Å²) in [4.78, 5) is 24.3. The van der Waals surface area contributed by atoms with Crippen molar-refractivity contribution in [3.05, 3.63) is 29.8 Å². The molecule has 0 bridgehead atoms. The molecule has 0 heterocycles. The summed E-state index contributed by atoms with van der Waals surface area (Å²) < 4.78 is 0. The molecule has 1 fully saturated rings. The number of amides is 2. The Hall–Kier alpha value is -2.04. The van der Waals surface area contributed by atoms with Gasteiger partial charge >= 0.3 is 12.0 Å². The van der Waals surface area contributed by atoms with Gasteiger partial charge in [-0.1, -0.05) is 6.42 Å². The smallest absolute Gasteiger partial charge is 0.335 e. The molecule has 0 aliphatic heterocycles. The van der Waals surface area contributed by atoms with Gasteiger partial charge in [-0.15, -0.1) is 0 Å². The number of nitrogens with one attached hydrogen (secondary N) is 1. The zero-order valence-electron chi connectivity index (χ0n) is 10.9. The maximum atomic E-state index is 11.9. The van der Waals surface area contributed by atoms with Crippen molar-refractivity contribution in [3.63, 3.8) is 0 Å². The Morgan fingerprint density at radius 1 is 1.32 bits per heavy atom. The molecule has 0 unspecified atom stereocenters. The average molecular weight is 262 g/mol. The highest BCUT2D eigenvalue weighted by Crippen LogP contribution is 2.26. The highest BCUT2D eigenvalue weighted by molar-refractivity contribution is 5.91. The average Bonchev–Trinajstić information content (AvgIpc) is 2.34. The molecular formula is C14H18N2O3. The van der Waals surface area contributed by atoms with Crippen LogP contribution >= 0.6 is 0 Å². The van der Waals surface area contributed by atoms with Crippen LogP contribution in [-0.2, 0) is 0 Å². The predicted molar refractivity (Wildman–Crippen MR) is 72.4 cm³/mol. The number of aromatic carboxylic acids is 1. The Labute approximate surface area is 112 Å². The van der Waals surface area contributed by atoms with Gasteiger partial charge in [0.2, 0.25) is 0 Å². The molecule has 2 amide bonds. The Kier molecular flexibility index (Phi) is 4.04. The third-order valence-electron chi connectivity index (χ3n) is 3.49. The molecule has 102 valence electrons. The van der Waals surface area contributed by atoms with Crippen LogP contribution in [0.15, 0.2) is 24.3 Å². The molecular weight excluding hydrogens is 244 g/mol. The fraction of sp³-hybridized carbons (Fsp3) is 0.429. The minimum Gasteiger partial charge on any atom is -0.478 e. The lowest BCUT2D eigenvalue weighted by Gasteiger charge is -2.30. The van der Waals surface area contributed by atoms with Gasteiger partial charge in [0.1, 0.15) is 0 Å². The molecule has 0 aromatic heterocycles. The van der Waals surface area contributed by atoms with Crippen LogP contribution in [0.25, 0.3) is 0 Å². The van der Waals surface area contributed by atoms with Crippen molar-refractivity contribution in [2.24, 2.45) is 5.92 Å². The molecule has 0 atom stereocenters. The van der Waals surface area contributed by atoms with Crippen LogP contribution < -0.4 is 5.32 Å². The number of carbonyl (C=O) groups is 2. The third-order valence-corrected chi connectivity index (χ3v) is 3.49. The topological polar surface area (TPSA) is 69.6 Å². The van der Waals surface area contributed by atoms with E-state index in [9.17, 15) is 9.59 Å². The SMILES string of the molecule is CN(CC1CCC1)C(=O)Nc1ccc(C(=O)O)cc1. The number of nitrogens with zero attached hydrogens (tertiary/aromatic N) is 1. The molecule has 1 aromatic carbocycles. The largest absolute Gasteiger partial charge is 0.478 e. The molecule has 2 rings (SSSR count). The summed E-state index contributed by atoms with van der Waals surface area (Å²) in [5.74, 6) is -0.342. The monoisotopic (exact) mass is 262 g/mol. The van der Waals surface area contributed by atoms with E-state index in [1.165, 1.54) is 31.4 Å². The number of hydrogen-bond donors (Lipinski definition) is 2. The Morgan fingerprint density at radius 2 is 1.95 bits per heavy atom. The van der Waals surface area contributed by atoms with Crippen molar-refractivity contribution < 1.29 is 14.7 Å². The van der Waals surface area contributed by atoms with Crippen LogP contribution in [0.2, 0.25) is 0 Å². The van der Waals surface area contributed by atoms with Gasteiger partial charge in [0, 0.05) is 19.3 Å². The second kappa shape index (κ2) is 5.73. The molecule has 2 N–H and O–H groups in total. The van der Waals surface area contributed by atoms with Crippen LogP contribution in [0.5, 0.6) is 0 Å². The standard InChI is InChI=1S/C14H18N2O3/c1-16(9-10-3-2-4-10)14(19)15-12-7-5-11(6-8-12)13(17)18/h5-8,10H,2-4,9H2,1H3,(H,15,19)(H,17,18). The van der Waals surface area contributed by atoms with E-state index >= 15 is 0 Å². The minimum absolute atomic E-state index is 0.157. The first kappa shape index (κ1) is 13.4. The second-order valence-electron chi connectivity index (χ2n) is 4.99. The molecule has 19 heavy (non-hydrogen) atoms. The van der Waals surface area contributed by atoms with E-state index in [-0.39, 0.29) is 11.6 Å². The molecule has 1 saturated carbocycles. The summed E-state index contributed by atoms with van der Waals surface area (Å²) in [5, 5.41) is 11.5. The van der Waals surface area contributed by atoms with E-state index < -0.39 is 5.97 Å².